The summed E-state index contributed by atoms with van der Waals surface area (Å²) in [6, 6.07) is 0. The first-order chi connectivity index (χ1) is 6.06. The average molecular weight is 222 g/mol. The molecule has 98 valence electrons. The van der Waals surface area contributed by atoms with E-state index >= 15 is 0 Å². The second kappa shape index (κ2) is 71.3. The van der Waals surface area contributed by atoms with Crippen molar-refractivity contribution in [2.24, 2.45) is 5.73 Å². The van der Waals surface area contributed by atoms with Gasteiger partial charge in [-0.05, 0) is 20.4 Å². The van der Waals surface area contributed by atoms with Crippen molar-refractivity contribution in [2.75, 3.05) is 6.54 Å². The van der Waals surface area contributed by atoms with Crippen molar-refractivity contribution in [3.05, 3.63) is 13.2 Å². The standard InChI is InChI=1S/C4H10.C3H6O.C2H7N.C2H4.CH4.H3N/c1-3-4-2;1-3(2)4;1-2-3;1-2;;/h3-4H2,1-2H3;1-2H3;2-3H2,1H3;1-2H2;1H4;1H3. The molecule has 0 saturated heterocycles. The van der Waals surface area contributed by atoms with Crippen LogP contribution >= 0.6 is 0 Å². The Morgan fingerprint density at radius 1 is 1.07 bits per heavy atom. The van der Waals surface area contributed by atoms with Crippen LogP contribution < -0.4 is 11.9 Å². The topological polar surface area (TPSA) is 78.1 Å². The van der Waals surface area contributed by atoms with Gasteiger partial charge in [0.25, 0.3) is 0 Å². The first-order valence-electron chi connectivity index (χ1n) is 4.73. The summed E-state index contributed by atoms with van der Waals surface area (Å²) in [5, 5.41) is 0. The van der Waals surface area contributed by atoms with E-state index in [0.29, 0.717) is 0 Å². The minimum Gasteiger partial charge on any atom is -0.344 e. The minimum absolute atomic E-state index is 0. The van der Waals surface area contributed by atoms with E-state index in [9.17, 15) is 4.79 Å². The smallest absolute Gasteiger partial charge is 0.126 e. The maximum atomic E-state index is 9.44. The van der Waals surface area contributed by atoms with Crippen LogP contribution in [0.15, 0.2) is 13.2 Å². The molecule has 15 heavy (non-hydrogen) atoms. The maximum absolute atomic E-state index is 9.44. The monoisotopic (exact) mass is 222 g/mol. The summed E-state index contributed by atoms with van der Waals surface area (Å²) in [5.74, 6) is 0.167. The van der Waals surface area contributed by atoms with Crippen molar-refractivity contribution in [1.29, 1.82) is 0 Å². The van der Waals surface area contributed by atoms with Gasteiger partial charge in [0.1, 0.15) is 5.78 Å². The molecule has 5 N–H and O–H groups in total. The molecule has 0 spiro atoms. The van der Waals surface area contributed by atoms with Crippen molar-refractivity contribution < 1.29 is 4.79 Å². The molecule has 0 amide bonds. The van der Waals surface area contributed by atoms with Crippen molar-refractivity contribution in [3.8, 4) is 0 Å². The molecule has 0 aliphatic heterocycles. The van der Waals surface area contributed by atoms with E-state index in [1.165, 1.54) is 26.7 Å². The molecule has 0 aromatic heterocycles. The van der Waals surface area contributed by atoms with Gasteiger partial charge in [-0.2, -0.15) is 0 Å². The van der Waals surface area contributed by atoms with Crippen LogP contribution in [0.4, 0.5) is 0 Å². The van der Waals surface area contributed by atoms with Gasteiger partial charge in [-0.1, -0.05) is 41.0 Å². The minimum atomic E-state index is 0. The molecule has 0 unspecified atom stereocenters. The van der Waals surface area contributed by atoms with Gasteiger partial charge in [0, 0.05) is 0 Å². The highest BCUT2D eigenvalue weighted by Gasteiger charge is 1.62. The summed E-state index contributed by atoms with van der Waals surface area (Å²) < 4.78 is 0. The zero-order valence-electron chi connectivity index (χ0n) is 10.7. The summed E-state index contributed by atoms with van der Waals surface area (Å²) in [7, 11) is 0. The molecule has 0 heterocycles. The number of ketones is 1. The third-order valence-corrected chi connectivity index (χ3v) is 0.500. The summed E-state index contributed by atoms with van der Waals surface area (Å²) in [6.45, 7) is 16.1. The van der Waals surface area contributed by atoms with Gasteiger partial charge in [-0.3, -0.25) is 0 Å². The fraction of sp³-hybridized carbons (Fsp3) is 0.750. The second-order valence-corrected chi connectivity index (χ2v) is 2.32. The number of unbranched alkanes of at least 4 members (excludes halogenated alkanes) is 1. The van der Waals surface area contributed by atoms with Gasteiger partial charge >= 0.3 is 0 Å². The molecule has 0 saturated carbocycles. The Labute approximate surface area is 97.7 Å². The Hall–Kier alpha value is -0.670. The molecular formula is C12H34N2O. The van der Waals surface area contributed by atoms with Crippen LogP contribution in [-0.4, -0.2) is 12.3 Å². The van der Waals surface area contributed by atoms with E-state index in [4.69, 9.17) is 5.73 Å². The Bertz CT molecular complexity index is 70.0. The van der Waals surface area contributed by atoms with Crippen LogP contribution in [0.1, 0.15) is 54.9 Å². The van der Waals surface area contributed by atoms with Crippen LogP contribution in [0.25, 0.3) is 0 Å². The predicted molar refractivity (Wildman–Crippen MR) is 74.7 cm³/mol. The van der Waals surface area contributed by atoms with E-state index in [2.05, 4.69) is 27.0 Å². The average Bonchev–Trinajstić information content (AvgIpc) is 2.08. The quantitative estimate of drug-likeness (QED) is 0.659. The van der Waals surface area contributed by atoms with E-state index in [1.54, 1.807) is 0 Å². The molecule has 0 aromatic rings. The zero-order valence-corrected chi connectivity index (χ0v) is 10.7. The molecule has 0 fully saturated rings. The van der Waals surface area contributed by atoms with Crippen LogP contribution in [0.2, 0.25) is 0 Å². The number of carbonyl (C=O) groups excluding carboxylic acids is 1. The number of nitrogens with two attached hydrogens (primary N) is 1. The van der Waals surface area contributed by atoms with Crippen molar-refractivity contribution in [2.45, 2.75) is 54.9 Å². The highest BCUT2D eigenvalue weighted by atomic mass is 16.1. The van der Waals surface area contributed by atoms with Gasteiger partial charge in [-0.25, -0.2) is 0 Å². The highest BCUT2D eigenvalue weighted by molar-refractivity contribution is 5.72. The fourth-order valence-corrected chi connectivity index (χ4v) is 0. The largest absolute Gasteiger partial charge is 0.344 e. The first kappa shape index (κ1) is 36.7. The molecule has 0 aromatic carbocycles. The maximum Gasteiger partial charge on any atom is 0.126 e. The van der Waals surface area contributed by atoms with E-state index < -0.39 is 0 Å². The zero-order chi connectivity index (χ0) is 11.7. The molecule has 0 radical (unpaired) electrons. The number of Topliss-reactive ketones (excluding diaryl/α,β-unsaturated/α-hetero) is 1. The van der Waals surface area contributed by atoms with Gasteiger partial charge in [0.15, 0.2) is 0 Å². The third kappa shape index (κ3) is 15700. The lowest BCUT2D eigenvalue weighted by molar-refractivity contribution is -0.114. The SMILES string of the molecule is C.C=C.CC(C)=O.CCCC.CCN.N. The van der Waals surface area contributed by atoms with Gasteiger partial charge in [0.05, 0.1) is 0 Å². The van der Waals surface area contributed by atoms with Crippen LogP contribution in [0.5, 0.6) is 0 Å². The van der Waals surface area contributed by atoms with Gasteiger partial charge in [0.2, 0.25) is 0 Å². The number of carbonyl (C=O) groups is 1. The molecule has 0 aliphatic rings. The lowest BCUT2D eigenvalue weighted by Gasteiger charge is -1.68. The van der Waals surface area contributed by atoms with E-state index in [0.717, 1.165) is 6.54 Å². The number of hydrogen-bond donors (Lipinski definition) is 2. The van der Waals surface area contributed by atoms with Crippen molar-refractivity contribution >= 4 is 5.78 Å². The van der Waals surface area contributed by atoms with Gasteiger partial charge in [-0.15, -0.1) is 13.2 Å². The van der Waals surface area contributed by atoms with Crippen LogP contribution in [0, 0.1) is 0 Å². The molecule has 3 heteroatoms. The summed E-state index contributed by atoms with van der Waals surface area (Å²) in [4.78, 5) is 9.44. The number of hydrogen-bond acceptors (Lipinski definition) is 3. The Morgan fingerprint density at radius 3 is 1.13 bits per heavy atom. The Kier molecular flexibility index (Phi) is 175. The predicted octanol–water partition coefficient (Wildman–Crippen LogP) is 3.97. The third-order valence-electron chi connectivity index (χ3n) is 0.500. The molecule has 3 nitrogen and oxygen atoms in total. The molecule has 0 atom stereocenters. The Balaban J connectivity index is -0.0000000178. The van der Waals surface area contributed by atoms with Crippen LogP contribution in [0.3, 0.4) is 0 Å². The lowest BCUT2D eigenvalue weighted by atomic mass is 10.4. The summed E-state index contributed by atoms with van der Waals surface area (Å²) in [6.07, 6.45) is 2.64. The Morgan fingerprint density at radius 2 is 1.13 bits per heavy atom. The number of rotatable bonds is 1. The van der Waals surface area contributed by atoms with Crippen molar-refractivity contribution in [3.63, 3.8) is 0 Å². The normalized spacial score (nSPS) is 5.20. The van der Waals surface area contributed by atoms with E-state index in [-0.39, 0.29) is 19.4 Å². The first-order valence-corrected chi connectivity index (χ1v) is 4.73. The fourth-order valence-electron chi connectivity index (χ4n) is 0. The molecule has 0 aliphatic carbocycles. The van der Waals surface area contributed by atoms with Gasteiger partial charge < -0.3 is 16.7 Å². The van der Waals surface area contributed by atoms with E-state index in [1.807, 2.05) is 6.92 Å². The second-order valence-electron chi connectivity index (χ2n) is 2.32. The summed E-state index contributed by atoms with van der Waals surface area (Å²) >= 11 is 0. The molecule has 0 rings (SSSR count). The molecular weight excluding hydrogens is 188 g/mol. The lowest BCUT2D eigenvalue weighted by Crippen LogP contribution is -1.87. The van der Waals surface area contributed by atoms with Crippen LogP contribution in [-0.2, 0) is 4.79 Å². The molecule has 0 bridgehead atoms. The highest BCUT2D eigenvalue weighted by Crippen LogP contribution is 1.76. The van der Waals surface area contributed by atoms with Crippen molar-refractivity contribution in [1.82, 2.24) is 6.15 Å². The summed E-state index contributed by atoms with van der Waals surface area (Å²) in [5.41, 5.74) is 4.85.